The number of ether oxygens (including phenoxy) is 1. The van der Waals surface area contributed by atoms with Crippen molar-refractivity contribution in [1.29, 1.82) is 0 Å². The number of carbonyl (C=O) groups excluding carboxylic acids is 1. The van der Waals surface area contributed by atoms with Crippen molar-refractivity contribution in [2.75, 3.05) is 12.4 Å². The van der Waals surface area contributed by atoms with Gasteiger partial charge in [-0.3, -0.25) is 4.79 Å². The smallest absolute Gasteiger partial charge is 0.389 e. The quantitative estimate of drug-likeness (QED) is 0.915. The topological polar surface area (TPSA) is 38.3 Å². The Morgan fingerprint density at radius 1 is 1.44 bits per heavy atom. The molecule has 0 aliphatic rings. The molecule has 0 atom stereocenters. The minimum Gasteiger partial charge on any atom is -0.495 e. The molecule has 1 aromatic rings. The van der Waals surface area contributed by atoms with Gasteiger partial charge in [-0.15, -0.1) is 0 Å². The summed E-state index contributed by atoms with van der Waals surface area (Å²) in [5, 5.41) is 2.60. The first-order valence-corrected chi connectivity index (χ1v) is 5.40. The van der Waals surface area contributed by atoms with Gasteiger partial charge in [0.25, 0.3) is 0 Å². The highest BCUT2D eigenvalue weighted by atomic mass is 35.5. The highest BCUT2D eigenvalue weighted by molar-refractivity contribution is 6.32. The van der Waals surface area contributed by atoms with Crippen molar-refractivity contribution in [3.8, 4) is 5.75 Å². The number of hydrogen-bond acceptors (Lipinski definition) is 2. The molecule has 0 radical (unpaired) electrons. The van der Waals surface area contributed by atoms with Crippen molar-refractivity contribution in [1.82, 2.24) is 0 Å². The van der Waals surface area contributed by atoms with Gasteiger partial charge in [0.1, 0.15) is 5.75 Å². The van der Waals surface area contributed by atoms with E-state index in [4.69, 9.17) is 16.3 Å². The van der Waals surface area contributed by atoms with E-state index in [9.17, 15) is 18.0 Å². The summed E-state index contributed by atoms with van der Waals surface area (Å²) in [7, 11) is 1.43. The lowest BCUT2D eigenvalue weighted by Gasteiger charge is -2.09. The van der Waals surface area contributed by atoms with Gasteiger partial charge in [-0.25, -0.2) is 0 Å². The third-order valence-corrected chi connectivity index (χ3v) is 2.37. The average Bonchev–Trinajstić information content (AvgIpc) is 2.26. The number of hydrogen-bond donors (Lipinski definition) is 1. The van der Waals surface area contributed by atoms with Crippen LogP contribution in [0, 0.1) is 0 Å². The second kappa shape index (κ2) is 5.95. The largest absolute Gasteiger partial charge is 0.495 e. The van der Waals surface area contributed by atoms with E-state index in [2.05, 4.69) is 5.32 Å². The van der Waals surface area contributed by atoms with E-state index < -0.39 is 24.9 Å². The van der Waals surface area contributed by atoms with Crippen molar-refractivity contribution in [2.24, 2.45) is 0 Å². The highest BCUT2D eigenvalue weighted by Gasteiger charge is 2.27. The number of halogens is 4. The molecule has 1 N–H and O–H groups in total. The fourth-order valence-corrected chi connectivity index (χ4v) is 1.48. The second-order valence-electron chi connectivity index (χ2n) is 3.51. The van der Waals surface area contributed by atoms with Gasteiger partial charge in [0.15, 0.2) is 0 Å². The predicted octanol–water partition coefficient (Wildman–Crippen LogP) is 3.63. The van der Waals surface area contributed by atoms with Crippen molar-refractivity contribution < 1.29 is 22.7 Å². The Labute approximate surface area is 107 Å². The summed E-state index contributed by atoms with van der Waals surface area (Å²) in [4.78, 5) is 11.2. The van der Waals surface area contributed by atoms with Crippen LogP contribution in [0.15, 0.2) is 18.2 Å². The molecule has 0 aliphatic heterocycles. The number of alkyl halides is 3. The summed E-state index contributed by atoms with van der Waals surface area (Å²) in [6.45, 7) is 0. The Morgan fingerprint density at radius 3 is 2.61 bits per heavy atom. The number of methoxy groups -OCH3 is 1. The molecule has 0 unspecified atom stereocenters. The summed E-state index contributed by atoms with van der Waals surface area (Å²) in [6, 6.07) is 4.42. The monoisotopic (exact) mass is 281 g/mol. The Kier molecular flexibility index (Phi) is 4.84. The molecule has 1 rings (SSSR count). The number of amides is 1. The van der Waals surface area contributed by atoms with E-state index in [1.165, 1.54) is 25.3 Å². The molecule has 18 heavy (non-hydrogen) atoms. The molecule has 3 nitrogen and oxygen atoms in total. The minimum absolute atomic E-state index is 0.270. The summed E-state index contributed by atoms with van der Waals surface area (Å²) in [5.41, 5.74) is 0.327. The van der Waals surface area contributed by atoms with Crippen LogP contribution < -0.4 is 10.1 Å². The molecule has 0 fully saturated rings. The number of anilines is 1. The number of benzene rings is 1. The standard InChI is InChI=1S/C11H11ClF3NO2/c1-18-9-3-2-7(6-8(9)12)16-10(17)4-5-11(13,14)15/h2-3,6H,4-5H2,1H3,(H,16,17). The van der Waals surface area contributed by atoms with Crippen LogP contribution in [0.5, 0.6) is 5.75 Å². The number of nitrogens with one attached hydrogen (secondary N) is 1. The Hall–Kier alpha value is -1.43. The molecule has 1 aromatic carbocycles. The molecular formula is C11H11ClF3NO2. The van der Waals surface area contributed by atoms with E-state index in [1.807, 2.05) is 0 Å². The van der Waals surface area contributed by atoms with E-state index >= 15 is 0 Å². The first-order valence-electron chi connectivity index (χ1n) is 5.02. The molecular weight excluding hydrogens is 271 g/mol. The summed E-state index contributed by atoms with van der Waals surface area (Å²) < 4.78 is 40.6. The number of carbonyl (C=O) groups is 1. The van der Waals surface area contributed by atoms with Crippen molar-refractivity contribution in [3.05, 3.63) is 23.2 Å². The highest BCUT2D eigenvalue weighted by Crippen LogP contribution is 2.27. The van der Waals surface area contributed by atoms with Gasteiger partial charge in [0.05, 0.1) is 18.6 Å². The van der Waals surface area contributed by atoms with Gasteiger partial charge < -0.3 is 10.1 Å². The maximum absolute atomic E-state index is 11.9. The molecule has 7 heteroatoms. The molecule has 0 saturated heterocycles. The normalized spacial score (nSPS) is 11.2. The van der Waals surface area contributed by atoms with Gasteiger partial charge in [0, 0.05) is 12.1 Å². The first kappa shape index (κ1) is 14.6. The van der Waals surface area contributed by atoms with Gasteiger partial charge in [0.2, 0.25) is 5.91 Å². The maximum atomic E-state index is 11.9. The zero-order chi connectivity index (χ0) is 13.8. The maximum Gasteiger partial charge on any atom is 0.389 e. The van der Waals surface area contributed by atoms with Crippen LogP contribution in [0.2, 0.25) is 5.02 Å². The molecule has 100 valence electrons. The SMILES string of the molecule is COc1ccc(NC(=O)CCC(F)(F)F)cc1Cl. The minimum atomic E-state index is -4.34. The van der Waals surface area contributed by atoms with Crippen LogP contribution in [0.25, 0.3) is 0 Å². The van der Waals surface area contributed by atoms with Gasteiger partial charge >= 0.3 is 6.18 Å². The zero-order valence-corrected chi connectivity index (χ0v) is 10.2. The predicted molar refractivity (Wildman–Crippen MR) is 61.9 cm³/mol. The van der Waals surface area contributed by atoms with Crippen LogP contribution in [0.3, 0.4) is 0 Å². The summed E-state index contributed by atoms with van der Waals surface area (Å²) in [5.74, 6) is -0.293. The van der Waals surface area contributed by atoms with Crippen molar-refractivity contribution in [2.45, 2.75) is 19.0 Å². The molecule has 0 aromatic heterocycles. The van der Waals surface area contributed by atoms with E-state index in [0.717, 1.165) is 0 Å². The van der Waals surface area contributed by atoms with Crippen LogP contribution in [0.1, 0.15) is 12.8 Å². The second-order valence-corrected chi connectivity index (χ2v) is 3.92. The van der Waals surface area contributed by atoms with E-state index in [0.29, 0.717) is 11.4 Å². The van der Waals surface area contributed by atoms with Crippen molar-refractivity contribution in [3.63, 3.8) is 0 Å². The lowest BCUT2D eigenvalue weighted by Crippen LogP contribution is -2.16. The van der Waals surface area contributed by atoms with Crippen LogP contribution in [0.4, 0.5) is 18.9 Å². The average molecular weight is 282 g/mol. The summed E-state index contributed by atoms with van der Waals surface area (Å²) >= 11 is 5.81. The molecule has 0 spiro atoms. The Balaban J connectivity index is 2.57. The fraction of sp³-hybridized carbons (Fsp3) is 0.364. The van der Waals surface area contributed by atoms with E-state index in [1.54, 1.807) is 0 Å². The van der Waals surface area contributed by atoms with Crippen LogP contribution in [-0.2, 0) is 4.79 Å². The summed E-state index contributed by atoms with van der Waals surface area (Å²) in [6.07, 6.45) is -6.11. The van der Waals surface area contributed by atoms with Crippen LogP contribution in [-0.4, -0.2) is 19.2 Å². The Morgan fingerprint density at radius 2 is 2.11 bits per heavy atom. The molecule has 0 saturated carbocycles. The molecule has 0 heterocycles. The first-order chi connectivity index (χ1) is 8.31. The Bertz CT molecular complexity index is 435. The molecule has 0 bridgehead atoms. The third-order valence-electron chi connectivity index (χ3n) is 2.07. The van der Waals surface area contributed by atoms with Gasteiger partial charge in [-0.2, -0.15) is 13.2 Å². The number of rotatable bonds is 4. The zero-order valence-electron chi connectivity index (χ0n) is 9.47. The van der Waals surface area contributed by atoms with Gasteiger partial charge in [-0.05, 0) is 18.2 Å². The lowest BCUT2D eigenvalue weighted by molar-refractivity contribution is -0.142. The van der Waals surface area contributed by atoms with E-state index in [-0.39, 0.29) is 5.02 Å². The lowest BCUT2D eigenvalue weighted by atomic mass is 10.2. The van der Waals surface area contributed by atoms with Crippen molar-refractivity contribution >= 4 is 23.2 Å². The third kappa shape index (κ3) is 4.83. The molecule has 1 amide bonds. The van der Waals surface area contributed by atoms with Gasteiger partial charge in [-0.1, -0.05) is 11.6 Å². The fourth-order valence-electron chi connectivity index (χ4n) is 1.22. The van der Waals surface area contributed by atoms with Crippen LogP contribution >= 0.6 is 11.6 Å². The molecule has 0 aliphatic carbocycles.